The number of rotatable bonds is 2. The van der Waals surface area contributed by atoms with Crippen LogP contribution in [0.15, 0.2) is 41.2 Å². The highest BCUT2D eigenvalue weighted by Crippen LogP contribution is 2.35. The van der Waals surface area contributed by atoms with Gasteiger partial charge in [-0.05, 0) is 19.1 Å². The molecule has 5 nitrogen and oxygen atoms in total. The van der Waals surface area contributed by atoms with Gasteiger partial charge in [0.1, 0.15) is 0 Å². The summed E-state index contributed by atoms with van der Waals surface area (Å²) < 4.78 is 0. The van der Waals surface area contributed by atoms with Crippen molar-refractivity contribution < 1.29 is 4.79 Å². The molecular formula is C17H14N4OS. The molecule has 0 aliphatic carbocycles. The summed E-state index contributed by atoms with van der Waals surface area (Å²) in [6.45, 7) is 2.05. The van der Waals surface area contributed by atoms with Gasteiger partial charge in [-0.25, -0.2) is 9.97 Å². The molecule has 1 aromatic carbocycles. The second-order valence-electron chi connectivity index (χ2n) is 5.48. The molecule has 6 heteroatoms. The Morgan fingerprint density at radius 2 is 2.04 bits per heavy atom. The van der Waals surface area contributed by atoms with Crippen molar-refractivity contribution in [1.29, 1.82) is 0 Å². The minimum Gasteiger partial charge on any atom is -0.324 e. The number of hydrogen-bond donors (Lipinski definition) is 2. The third kappa shape index (κ3) is 2.68. The lowest BCUT2D eigenvalue weighted by molar-refractivity contribution is -0.115. The average Bonchev–Trinajstić information content (AvgIpc) is 2.94. The monoisotopic (exact) mass is 322 g/mol. The average molecular weight is 322 g/mol. The second kappa shape index (κ2) is 5.48. The number of fused-ring (bicyclic) bond motifs is 3. The normalized spacial score (nSPS) is 12.8. The van der Waals surface area contributed by atoms with Gasteiger partial charge in [-0.1, -0.05) is 17.7 Å². The van der Waals surface area contributed by atoms with Crippen LogP contribution in [0.3, 0.4) is 0 Å². The van der Waals surface area contributed by atoms with Crippen molar-refractivity contribution in [2.24, 2.45) is 0 Å². The molecule has 0 saturated carbocycles. The first-order valence-electron chi connectivity index (χ1n) is 7.25. The number of aromatic nitrogens is 2. The zero-order chi connectivity index (χ0) is 15.8. The lowest BCUT2D eigenvalue weighted by Crippen LogP contribution is -2.12. The summed E-state index contributed by atoms with van der Waals surface area (Å²) in [6, 6.07) is 8.05. The molecule has 3 aromatic rings. The molecule has 0 bridgehead atoms. The van der Waals surface area contributed by atoms with Crippen molar-refractivity contribution in [3.63, 3.8) is 0 Å². The number of anilines is 3. The predicted molar refractivity (Wildman–Crippen MR) is 92.1 cm³/mol. The van der Waals surface area contributed by atoms with Crippen LogP contribution in [-0.4, -0.2) is 15.9 Å². The summed E-state index contributed by atoms with van der Waals surface area (Å²) in [6.07, 6.45) is 2.02. The van der Waals surface area contributed by atoms with Crippen molar-refractivity contribution >= 4 is 34.6 Å². The largest absolute Gasteiger partial charge is 0.324 e. The first-order chi connectivity index (χ1) is 11.2. The first kappa shape index (κ1) is 13.9. The van der Waals surface area contributed by atoms with Gasteiger partial charge in [-0.15, -0.1) is 11.3 Å². The molecule has 2 N–H and O–H groups in total. The van der Waals surface area contributed by atoms with Gasteiger partial charge in [-0.3, -0.25) is 4.79 Å². The molecule has 0 fully saturated rings. The number of amides is 1. The van der Waals surface area contributed by atoms with Gasteiger partial charge in [0.2, 0.25) is 11.9 Å². The Morgan fingerprint density at radius 3 is 2.87 bits per heavy atom. The number of aryl methyl sites for hydroxylation is 1. The van der Waals surface area contributed by atoms with E-state index in [4.69, 9.17) is 0 Å². The fourth-order valence-corrected chi connectivity index (χ4v) is 3.30. The van der Waals surface area contributed by atoms with Gasteiger partial charge < -0.3 is 10.6 Å². The van der Waals surface area contributed by atoms with Gasteiger partial charge >= 0.3 is 0 Å². The Labute approximate surface area is 137 Å². The Morgan fingerprint density at radius 1 is 1.22 bits per heavy atom. The summed E-state index contributed by atoms with van der Waals surface area (Å²) in [5.74, 6) is 0.491. The first-order valence-corrected chi connectivity index (χ1v) is 8.19. The number of carbonyl (C=O) groups excluding carboxylic acids is 1. The third-order valence-electron chi connectivity index (χ3n) is 3.71. The lowest BCUT2D eigenvalue weighted by Gasteiger charge is -2.09. The van der Waals surface area contributed by atoms with E-state index in [1.807, 2.05) is 41.9 Å². The van der Waals surface area contributed by atoms with Crippen molar-refractivity contribution in [1.82, 2.24) is 9.97 Å². The van der Waals surface area contributed by atoms with Crippen molar-refractivity contribution in [2.45, 2.75) is 13.3 Å². The molecule has 1 amide bonds. The SMILES string of the molecule is Cc1ccc(Nc2ncc3c(n2)-c2cscc2NC(=O)C3)cc1. The number of nitrogens with one attached hydrogen (secondary N) is 2. The molecule has 114 valence electrons. The van der Waals surface area contributed by atoms with E-state index < -0.39 is 0 Å². The van der Waals surface area contributed by atoms with Gasteiger partial charge in [0.25, 0.3) is 0 Å². The van der Waals surface area contributed by atoms with E-state index in [2.05, 4.69) is 20.6 Å². The standard InChI is InChI=1S/C17H14N4OS/c1-10-2-4-12(5-3-10)19-17-18-7-11-6-15(22)20-14-9-23-8-13(14)16(11)21-17/h2-5,7-9H,6H2,1H3,(H,20,22)(H,18,19,21). The highest BCUT2D eigenvalue weighted by atomic mass is 32.1. The highest BCUT2D eigenvalue weighted by molar-refractivity contribution is 7.08. The van der Waals surface area contributed by atoms with Crippen molar-refractivity contribution in [2.75, 3.05) is 10.6 Å². The summed E-state index contributed by atoms with van der Waals surface area (Å²) in [5, 5.41) is 10.1. The Hall–Kier alpha value is -2.73. The quantitative estimate of drug-likeness (QED) is 0.754. The van der Waals surface area contributed by atoms with E-state index in [0.717, 1.165) is 28.2 Å². The summed E-state index contributed by atoms with van der Waals surface area (Å²) in [7, 11) is 0. The molecular weight excluding hydrogens is 308 g/mol. The van der Waals surface area contributed by atoms with E-state index in [9.17, 15) is 4.79 Å². The van der Waals surface area contributed by atoms with Gasteiger partial charge in [-0.2, -0.15) is 0 Å². The molecule has 0 spiro atoms. The smallest absolute Gasteiger partial charge is 0.228 e. The zero-order valence-electron chi connectivity index (χ0n) is 12.5. The number of hydrogen-bond acceptors (Lipinski definition) is 5. The number of carbonyl (C=O) groups is 1. The van der Waals surface area contributed by atoms with Gasteiger partial charge in [0.15, 0.2) is 0 Å². The number of nitrogens with zero attached hydrogens (tertiary/aromatic N) is 2. The summed E-state index contributed by atoms with van der Waals surface area (Å²) in [5.41, 5.74) is 5.55. The maximum absolute atomic E-state index is 11.9. The molecule has 1 aliphatic heterocycles. The zero-order valence-corrected chi connectivity index (χ0v) is 13.3. The van der Waals surface area contributed by atoms with Crippen molar-refractivity contribution in [3.8, 4) is 11.3 Å². The van der Waals surface area contributed by atoms with Crippen LogP contribution < -0.4 is 10.6 Å². The van der Waals surface area contributed by atoms with E-state index in [1.165, 1.54) is 5.56 Å². The van der Waals surface area contributed by atoms with Crippen LogP contribution in [0, 0.1) is 6.92 Å². The summed E-state index contributed by atoms with van der Waals surface area (Å²) >= 11 is 1.55. The van der Waals surface area contributed by atoms with Gasteiger partial charge in [0.05, 0.1) is 17.8 Å². The molecule has 0 radical (unpaired) electrons. The minimum absolute atomic E-state index is 0.0359. The Kier molecular flexibility index (Phi) is 3.31. The molecule has 0 saturated heterocycles. The van der Waals surface area contributed by atoms with Crippen LogP contribution in [-0.2, 0) is 11.2 Å². The van der Waals surface area contributed by atoms with Crippen LogP contribution in [0.1, 0.15) is 11.1 Å². The van der Waals surface area contributed by atoms with Crippen LogP contribution in [0.4, 0.5) is 17.3 Å². The van der Waals surface area contributed by atoms with Crippen LogP contribution >= 0.6 is 11.3 Å². The van der Waals surface area contributed by atoms with Crippen LogP contribution in [0.2, 0.25) is 0 Å². The molecule has 3 heterocycles. The summed E-state index contributed by atoms with van der Waals surface area (Å²) in [4.78, 5) is 20.9. The van der Waals surface area contributed by atoms with Crippen LogP contribution in [0.25, 0.3) is 11.3 Å². The fraction of sp³-hybridized carbons (Fsp3) is 0.118. The predicted octanol–water partition coefficient (Wildman–Crippen LogP) is 3.75. The molecule has 0 unspecified atom stereocenters. The van der Waals surface area contributed by atoms with Crippen LogP contribution in [0.5, 0.6) is 0 Å². The Balaban J connectivity index is 1.74. The molecule has 2 aromatic heterocycles. The number of benzene rings is 1. The number of thiophene rings is 1. The van der Waals surface area contributed by atoms with E-state index >= 15 is 0 Å². The third-order valence-corrected chi connectivity index (χ3v) is 4.46. The second-order valence-corrected chi connectivity index (χ2v) is 6.23. The van der Waals surface area contributed by atoms with E-state index in [-0.39, 0.29) is 5.91 Å². The van der Waals surface area contributed by atoms with E-state index in [1.54, 1.807) is 17.5 Å². The topological polar surface area (TPSA) is 66.9 Å². The van der Waals surface area contributed by atoms with Crippen molar-refractivity contribution in [3.05, 3.63) is 52.3 Å². The maximum Gasteiger partial charge on any atom is 0.228 e. The Bertz CT molecular complexity index is 886. The minimum atomic E-state index is -0.0359. The van der Waals surface area contributed by atoms with Gasteiger partial charge in [0, 0.05) is 33.8 Å². The fourth-order valence-electron chi connectivity index (χ4n) is 2.54. The molecule has 23 heavy (non-hydrogen) atoms. The highest BCUT2D eigenvalue weighted by Gasteiger charge is 2.21. The molecule has 4 rings (SSSR count). The maximum atomic E-state index is 11.9. The lowest BCUT2D eigenvalue weighted by atomic mass is 10.1. The molecule has 0 atom stereocenters. The van der Waals surface area contributed by atoms with E-state index in [0.29, 0.717) is 12.4 Å². The molecule has 1 aliphatic rings.